The maximum Gasteiger partial charge on any atom is 0.296 e. The van der Waals surface area contributed by atoms with E-state index in [0.29, 0.717) is 29.8 Å². The van der Waals surface area contributed by atoms with Gasteiger partial charge in [0.25, 0.3) is 60.7 Å². The summed E-state index contributed by atoms with van der Waals surface area (Å²) < 4.78 is 210. The first-order valence-corrected chi connectivity index (χ1v) is 33.9. The number of nitriles is 1. The Bertz CT molecular complexity index is 5010. The number of ether oxygens (including phenoxy) is 1. The number of nitrogens with zero attached hydrogens (tertiary/aromatic N) is 10. The second kappa shape index (κ2) is 23.4. The number of azo groups is 3. The average Bonchev–Trinajstić information content (AvgIpc) is 1.57. The lowest BCUT2D eigenvalue weighted by Gasteiger charge is -2.12. The lowest BCUT2D eigenvalue weighted by molar-refractivity contribution is 0.112. The highest BCUT2D eigenvalue weighted by molar-refractivity contribution is 7.99. The number of thioether (sulfide) groups is 1. The maximum atomic E-state index is 12.7. The van der Waals surface area contributed by atoms with Gasteiger partial charge < -0.3 is 9.84 Å². The normalized spacial score (nSPS) is 13.2. The van der Waals surface area contributed by atoms with Gasteiger partial charge in [-0.05, 0) is 86.5 Å². The van der Waals surface area contributed by atoms with Crippen LogP contribution in [0.5, 0.6) is 11.6 Å². The Morgan fingerprint density at radius 3 is 1.94 bits per heavy atom. The molecule has 84 heavy (non-hydrogen) atoms. The van der Waals surface area contributed by atoms with E-state index in [-0.39, 0.29) is 108 Å². The number of halogens is 1. The van der Waals surface area contributed by atoms with Gasteiger partial charge >= 0.3 is 0 Å². The number of aryl methyl sites for hydroxylation is 1. The number of pyridine rings is 1. The van der Waals surface area contributed by atoms with Crippen LogP contribution in [0.25, 0.3) is 37.7 Å². The number of aromatic hydroxyl groups is 1. The molecule has 7 N–H and O–H groups in total. The predicted octanol–water partition coefficient (Wildman–Crippen LogP) is 9.17. The molecule has 40 heteroatoms. The van der Waals surface area contributed by atoms with Gasteiger partial charge in [0.1, 0.15) is 49.0 Å². The summed E-state index contributed by atoms with van der Waals surface area (Å²) in [6, 6.07) is 10.7. The van der Waals surface area contributed by atoms with Crippen LogP contribution < -0.4 is 4.74 Å². The fraction of sp³-hybridized carbons (Fsp3) is 0.182. The number of benzene rings is 5. The van der Waals surface area contributed by atoms with E-state index in [1.165, 1.54) is 38.1 Å². The molecule has 0 fully saturated rings. The molecule has 0 aliphatic heterocycles. The Hall–Kier alpha value is -7.14. The first kappa shape index (κ1) is 62.9. The quantitative estimate of drug-likeness (QED) is 0.0116. The predicted molar refractivity (Wildman–Crippen MR) is 299 cm³/mol. The topological polar surface area (TPSA) is 501 Å². The third kappa shape index (κ3) is 13.8. The number of aldehydes is 1. The molecular formula is C44H35ClN10O21S8. The van der Waals surface area contributed by atoms with Gasteiger partial charge in [-0.25, -0.2) is 9.97 Å². The van der Waals surface area contributed by atoms with Gasteiger partial charge in [0.15, 0.2) is 17.6 Å². The van der Waals surface area contributed by atoms with Gasteiger partial charge in [0.2, 0.25) is 11.0 Å². The number of thiazole rings is 1. The summed E-state index contributed by atoms with van der Waals surface area (Å²) in [6.45, 7) is 2.54. The van der Waals surface area contributed by atoms with Crippen LogP contribution in [-0.2, 0) is 60.7 Å². The number of hydrogen-bond acceptors (Lipinski definition) is 26. The van der Waals surface area contributed by atoms with E-state index in [1.54, 1.807) is 0 Å². The van der Waals surface area contributed by atoms with E-state index in [4.69, 9.17) is 16.3 Å². The van der Waals surface area contributed by atoms with Crippen LogP contribution >= 0.6 is 34.7 Å². The number of carbonyl (C=O) groups is 1. The molecule has 0 bridgehead atoms. The van der Waals surface area contributed by atoms with Crippen molar-refractivity contribution >= 4 is 173 Å². The highest BCUT2D eigenvalue weighted by Gasteiger charge is 2.29. The lowest BCUT2D eigenvalue weighted by atomic mass is 10.1. The van der Waals surface area contributed by atoms with Crippen LogP contribution in [0.15, 0.2) is 110 Å². The van der Waals surface area contributed by atoms with Crippen molar-refractivity contribution in [3.05, 3.63) is 81.9 Å². The Morgan fingerprint density at radius 1 is 0.690 bits per heavy atom. The average molecular weight is 1330 g/mol. The zero-order valence-corrected chi connectivity index (χ0v) is 49.3. The minimum absolute atomic E-state index is 0.00481. The number of aromatic nitrogens is 3. The molecule has 0 unspecified atom stereocenters. The second-order valence-electron chi connectivity index (χ2n) is 17.5. The standard InChI is InChI=1S/C44H35ClN10O21S8/c1-20-9-31(51-53-39-21(2)26(18-46)42-47-30-14-27(45)37(83(70,71)72)17-33(30)55(42)43(39)57)34(76-5-3-7-79(58,59)60)15-28(20)49-52-32-10-22(19-56)29(16-35(32)77-6-4-8-80(61,62)63)50-54-44-48-40-38(84(73,74)75)13-24-25(41(40)78-44)11-23(81(64,65)66)12-36(24)82(67,68)69/h9-17,19,57H,3-8H2,1-2H3,(H,58,59,60)(H,61,62,63)(H,64,65,66)(H,67,68,69)(H,70,71,72)(H,73,74,75). The van der Waals surface area contributed by atoms with Crippen molar-refractivity contribution in [3.8, 4) is 17.7 Å². The third-order valence-electron chi connectivity index (χ3n) is 11.7. The molecule has 442 valence electrons. The number of rotatable bonds is 21. The number of imidazole rings is 1. The van der Waals surface area contributed by atoms with E-state index in [0.717, 1.165) is 34.4 Å². The first-order chi connectivity index (χ1) is 39.0. The fourth-order valence-electron chi connectivity index (χ4n) is 7.94. The highest BCUT2D eigenvalue weighted by atomic mass is 35.5. The molecule has 0 amide bonds. The molecule has 3 heterocycles. The van der Waals surface area contributed by atoms with Crippen LogP contribution in [0.2, 0.25) is 5.02 Å². The van der Waals surface area contributed by atoms with Crippen molar-refractivity contribution < 1.29 is 92.5 Å². The van der Waals surface area contributed by atoms with Crippen LogP contribution in [0.4, 0.5) is 33.6 Å². The van der Waals surface area contributed by atoms with Gasteiger partial charge in [-0.15, -0.1) is 37.3 Å². The van der Waals surface area contributed by atoms with Crippen molar-refractivity contribution in [3.63, 3.8) is 0 Å². The second-order valence-corrected chi connectivity index (χ2v) is 28.7. The summed E-state index contributed by atoms with van der Waals surface area (Å²) in [5, 5.41) is 45.1. The zero-order valence-electron chi connectivity index (χ0n) is 42.0. The van der Waals surface area contributed by atoms with Crippen LogP contribution in [0.1, 0.15) is 39.9 Å². The zero-order chi connectivity index (χ0) is 61.8. The summed E-state index contributed by atoms with van der Waals surface area (Å²) in [7, 11) is -29.6. The van der Waals surface area contributed by atoms with Crippen LogP contribution in [0.3, 0.4) is 0 Å². The first-order valence-electron chi connectivity index (χ1n) is 22.7. The molecule has 0 atom stereocenters. The van der Waals surface area contributed by atoms with Crippen molar-refractivity contribution in [2.75, 3.05) is 23.9 Å². The Morgan fingerprint density at radius 2 is 1.32 bits per heavy atom. The molecule has 5 aromatic carbocycles. The Labute approximate surface area is 486 Å². The Balaban J connectivity index is 1.22. The maximum absolute atomic E-state index is 12.7. The van der Waals surface area contributed by atoms with Crippen LogP contribution in [-0.4, -0.2) is 127 Å². The van der Waals surface area contributed by atoms with Crippen molar-refractivity contribution in [2.24, 2.45) is 30.7 Å². The van der Waals surface area contributed by atoms with Crippen molar-refractivity contribution in [1.29, 1.82) is 5.26 Å². The monoisotopic (exact) mass is 1330 g/mol. The molecule has 31 nitrogen and oxygen atoms in total. The summed E-state index contributed by atoms with van der Waals surface area (Å²) in [5.41, 5.74) is -1.73. The molecule has 0 spiro atoms. The van der Waals surface area contributed by atoms with Gasteiger partial charge in [-0.3, -0.25) is 36.5 Å². The number of fused-ring (bicyclic) bond motifs is 6. The fourth-order valence-corrected chi connectivity index (χ4v) is 14.1. The molecule has 3 aromatic heterocycles. The van der Waals surface area contributed by atoms with Gasteiger partial charge in [0, 0.05) is 32.9 Å². The number of carbonyl (C=O) groups excluding carboxylic acids is 1. The van der Waals surface area contributed by atoms with Crippen molar-refractivity contribution in [1.82, 2.24) is 14.4 Å². The molecule has 0 aliphatic carbocycles. The largest absolute Gasteiger partial charge is 0.493 e. The SMILES string of the molecule is Cc1cc(N=Nc2c(C)c(C#N)c3nc4cc(Cl)c(S(=O)(=O)O)cc4n3c2O)c(OCCCS(=O)(=O)O)cc1N=Nc1cc(C=O)c(N=Nc2nc3c(S(=O)(=O)O)cc4c(S(=O)(=O)O)cc(S(=O)(=O)O)cc4c3s2)cc1SCCCS(=O)(=O)O. The van der Waals surface area contributed by atoms with Gasteiger partial charge in [-0.2, -0.15) is 60.9 Å². The minimum atomic E-state index is -5.35. The summed E-state index contributed by atoms with van der Waals surface area (Å²) >= 11 is 7.49. The smallest absolute Gasteiger partial charge is 0.296 e. The number of hydrogen-bond donors (Lipinski definition) is 7. The lowest BCUT2D eigenvalue weighted by Crippen LogP contribution is -2.08. The minimum Gasteiger partial charge on any atom is -0.493 e. The molecule has 0 saturated carbocycles. The summed E-state index contributed by atoms with van der Waals surface area (Å²) in [4.78, 5) is 17.2. The van der Waals surface area contributed by atoms with Gasteiger partial charge in [-0.1, -0.05) is 22.9 Å². The van der Waals surface area contributed by atoms with E-state index in [1.807, 2.05) is 6.07 Å². The van der Waals surface area contributed by atoms with Gasteiger partial charge in [0.05, 0.1) is 55.1 Å². The summed E-state index contributed by atoms with van der Waals surface area (Å²) in [6.07, 6.45) is -0.1000. The third-order valence-corrected chi connectivity index (χ3v) is 19.3. The highest BCUT2D eigenvalue weighted by Crippen LogP contribution is 2.45. The van der Waals surface area contributed by atoms with E-state index in [9.17, 15) is 93.0 Å². The molecule has 8 aromatic rings. The Kier molecular flexibility index (Phi) is 17.5. The molecule has 0 radical (unpaired) electrons. The van der Waals surface area contributed by atoms with E-state index < -0.39 is 124 Å². The molecule has 0 saturated heterocycles. The molecular weight excluding hydrogens is 1300 g/mol. The molecule has 0 aliphatic rings. The van der Waals surface area contributed by atoms with Crippen LogP contribution in [0, 0.1) is 25.2 Å². The van der Waals surface area contributed by atoms with E-state index >= 15 is 0 Å². The van der Waals surface area contributed by atoms with E-state index in [2.05, 4.69) is 40.7 Å². The van der Waals surface area contributed by atoms with Crippen molar-refractivity contribution in [2.45, 2.75) is 51.2 Å². The summed E-state index contributed by atoms with van der Waals surface area (Å²) in [5.74, 6) is -2.32. The molecule has 8 rings (SSSR count).